The third-order valence-corrected chi connectivity index (χ3v) is 5.10. The standard InChI is InChI=1S/C17H31N5S.HI/c1-4-21-6-8-22(9-7-21)13-15(2)11-19-17(18-3)20-12-16-5-10-23-14-16;/h5,10,14-15H,4,6-9,11-13H2,1-3H3,(H2,18,19,20);1H. The summed E-state index contributed by atoms with van der Waals surface area (Å²) in [7, 11) is 1.83. The normalized spacial score (nSPS) is 18.0. The Morgan fingerprint density at radius 1 is 1.25 bits per heavy atom. The van der Waals surface area contributed by atoms with Crippen molar-refractivity contribution < 1.29 is 0 Å². The molecule has 0 aromatic carbocycles. The molecule has 2 rings (SSSR count). The van der Waals surface area contributed by atoms with Gasteiger partial charge in [-0.3, -0.25) is 4.99 Å². The van der Waals surface area contributed by atoms with E-state index in [1.165, 1.54) is 38.3 Å². The first-order valence-corrected chi connectivity index (χ1v) is 9.55. The van der Waals surface area contributed by atoms with Crippen LogP contribution >= 0.6 is 35.3 Å². The van der Waals surface area contributed by atoms with Crippen LogP contribution in [0.25, 0.3) is 0 Å². The SMILES string of the molecule is CCN1CCN(CC(C)CNC(=NC)NCc2ccsc2)CC1.I. The van der Waals surface area contributed by atoms with Gasteiger partial charge in [-0.2, -0.15) is 11.3 Å². The minimum Gasteiger partial charge on any atom is -0.356 e. The number of hydrogen-bond acceptors (Lipinski definition) is 4. The topological polar surface area (TPSA) is 42.9 Å². The van der Waals surface area contributed by atoms with Crippen molar-refractivity contribution in [3.8, 4) is 0 Å². The Bertz CT molecular complexity index is 458. The quantitative estimate of drug-likeness (QED) is 0.369. The number of hydrogen-bond donors (Lipinski definition) is 2. The number of likely N-dealkylation sites (N-methyl/N-ethyl adjacent to an activating group) is 1. The van der Waals surface area contributed by atoms with E-state index in [2.05, 4.69) is 56.1 Å². The Morgan fingerprint density at radius 2 is 1.96 bits per heavy atom. The summed E-state index contributed by atoms with van der Waals surface area (Å²) < 4.78 is 0. The Morgan fingerprint density at radius 3 is 2.54 bits per heavy atom. The highest BCUT2D eigenvalue weighted by atomic mass is 127. The number of nitrogens with one attached hydrogen (secondary N) is 2. The predicted octanol–water partition coefficient (Wildman–Crippen LogP) is 2.30. The van der Waals surface area contributed by atoms with Crippen LogP contribution in [-0.2, 0) is 6.54 Å². The van der Waals surface area contributed by atoms with E-state index in [1.54, 1.807) is 11.3 Å². The fourth-order valence-corrected chi connectivity index (χ4v) is 3.53. The van der Waals surface area contributed by atoms with Gasteiger partial charge in [0.2, 0.25) is 0 Å². The van der Waals surface area contributed by atoms with Crippen LogP contribution in [0.15, 0.2) is 21.8 Å². The molecule has 1 saturated heterocycles. The fraction of sp³-hybridized carbons (Fsp3) is 0.706. The molecule has 0 radical (unpaired) electrons. The molecule has 1 aliphatic rings. The van der Waals surface area contributed by atoms with Gasteiger partial charge in [-0.1, -0.05) is 13.8 Å². The number of thiophene rings is 1. The summed E-state index contributed by atoms with van der Waals surface area (Å²) in [6.07, 6.45) is 0. The molecule has 138 valence electrons. The number of halogens is 1. The Labute approximate surface area is 167 Å². The highest BCUT2D eigenvalue weighted by Gasteiger charge is 2.17. The third kappa shape index (κ3) is 7.67. The van der Waals surface area contributed by atoms with Crippen LogP contribution < -0.4 is 10.6 Å². The van der Waals surface area contributed by atoms with Crippen molar-refractivity contribution in [2.24, 2.45) is 10.9 Å². The third-order valence-electron chi connectivity index (χ3n) is 4.36. The van der Waals surface area contributed by atoms with Crippen LogP contribution in [-0.4, -0.2) is 68.6 Å². The molecule has 1 aromatic rings. The molecule has 0 bridgehead atoms. The van der Waals surface area contributed by atoms with Gasteiger partial charge in [0.1, 0.15) is 0 Å². The fourth-order valence-electron chi connectivity index (χ4n) is 2.86. The monoisotopic (exact) mass is 465 g/mol. The summed E-state index contributed by atoms with van der Waals surface area (Å²) in [6, 6.07) is 2.14. The molecule has 2 N–H and O–H groups in total. The first-order valence-electron chi connectivity index (χ1n) is 8.61. The molecule has 1 aromatic heterocycles. The van der Waals surface area contributed by atoms with Crippen molar-refractivity contribution in [3.05, 3.63) is 22.4 Å². The zero-order chi connectivity index (χ0) is 16.5. The maximum Gasteiger partial charge on any atom is 0.191 e. The molecule has 0 aliphatic carbocycles. The minimum atomic E-state index is 0. The molecule has 7 heteroatoms. The van der Waals surface area contributed by atoms with Gasteiger partial charge in [-0.25, -0.2) is 0 Å². The summed E-state index contributed by atoms with van der Waals surface area (Å²) in [5, 5.41) is 11.1. The van der Waals surface area contributed by atoms with Crippen LogP contribution in [0.1, 0.15) is 19.4 Å². The van der Waals surface area contributed by atoms with E-state index in [4.69, 9.17) is 0 Å². The van der Waals surface area contributed by atoms with Crippen molar-refractivity contribution in [2.45, 2.75) is 20.4 Å². The number of nitrogens with zero attached hydrogens (tertiary/aromatic N) is 3. The molecule has 5 nitrogen and oxygen atoms in total. The number of aliphatic imine (C=N–C) groups is 1. The average Bonchev–Trinajstić information content (AvgIpc) is 3.09. The van der Waals surface area contributed by atoms with Gasteiger partial charge in [0, 0.05) is 52.9 Å². The van der Waals surface area contributed by atoms with Gasteiger partial charge < -0.3 is 20.4 Å². The molecule has 24 heavy (non-hydrogen) atoms. The molecule has 0 saturated carbocycles. The second-order valence-corrected chi connectivity index (χ2v) is 7.06. The Hall–Kier alpha value is -0.380. The molecule has 2 heterocycles. The van der Waals surface area contributed by atoms with E-state index in [1.807, 2.05) is 7.05 Å². The van der Waals surface area contributed by atoms with E-state index in [9.17, 15) is 0 Å². The zero-order valence-corrected chi connectivity index (χ0v) is 18.3. The summed E-state index contributed by atoms with van der Waals surface area (Å²) in [4.78, 5) is 9.41. The Kier molecular flexibility index (Phi) is 10.9. The number of rotatable bonds is 7. The smallest absolute Gasteiger partial charge is 0.191 e. The lowest BCUT2D eigenvalue weighted by Gasteiger charge is -2.35. The first kappa shape index (κ1) is 21.7. The lowest BCUT2D eigenvalue weighted by molar-refractivity contribution is 0.124. The minimum absolute atomic E-state index is 0. The van der Waals surface area contributed by atoms with Gasteiger partial charge in [0.05, 0.1) is 0 Å². The van der Waals surface area contributed by atoms with Crippen molar-refractivity contribution in [1.82, 2.24) is 20.4 Å². The second kappa shape index (κ2) is 12.1. The highest BCUT2D eigenvalue weighted by Crippen LogP contribution is 2.06. The molecule has 1 unspecified atom stereocenters. The molecule has 1 atom stereocenters. The van der Waals surface area contributed by atoms with E-state index in [0.29, 0.717) is 5.92 Å². The lowest BCUT2D eigenvalue weighted by Crippen LogP contribution is -2.48. The molecular formula is C17H32IN5S. The molecule has 1 aliphatic heterocycles. The lowest BCUT2D eigenvalue weighted by atomic mass is 10.1. The number of guanidine groups is 1. The molecule has 0 spiro atoms. The predicted molar refractivity (Wildman–Crippen MR) is 116 cm³/mol. The summed E-state index contributed by atoms with van der Waals surface area (Å²) in [5.74, 6) is 1.50. The zero-order valence-electron chi connectivity index (χ0n) is 15.1. The maximum atomic E-state index is 4.30. The largest absolute Gasteiger partial charge is 0.356 e. The maximum absolute atomic E-state index is 4.30. The molecule has 1 fully saturated rings. The van der Waals surface area contributed by atoms with E-state index >= 15 is 0 Å². The van der Waals surface area contributed by atoms with Gasteiger partial charge in [0.15, 0.2) is 5.96 Å². The summed E-state index contributed by atoms with van der Waals surface area (Å²) in [5.41, 5.74) is 1.31. The molecule has 0 amide bonds. The van der Waals surface area contributed by atoms with Crippen molar-refractivity contribution in [1.29, 1.82) is 0 Å². The van der Waals surface area contributed by atoms with Crippen LogP contribution in [0, 0.1) is 5.92 Å². The second-order valence-electron chi connectivity index (χ2n) is 6.28. The van der Waals surface area contributed by atoms with Crippen molar-refractivity contribution in [2.75, 3.05) is 52.9 Å². The van der Waals surface area contributed by atoms with Crippen LogP contribution in [0.5, 0.6) is 0 Å². The molecular weight excluding hydrogens is 433 g/mol. The van der Waals surface area contributed by atoms with Crippen LogP contribution in [0.2, 0.25) is 0 Å². The van der Waals surface area contributed by atoms with Crippen molar-refractivity contribution >= 4 is 41.3 Å². The van der Waals surface area contributed by atoms with E-state index in [0.717, 1.165) is 25.6 Å². The van der Waals surface area contributed by atoms with Gasteiger partial charge in [-0.15, -0.1) is 24.0 Å². The summed E-state index contributed by atoms with van der Waals surface area (Å²) >= 11 is 1.73. The number of piperazine rings is 1. The van der Waals surface area contributed by atoms with Gasteiger partial charge in [0.25, 0.3) is 0 Å². The van der Waals surface area contributed by atoms with Gasteiger partial charge >= 0.3 is 0 Å². The first-order chi connectivity index (χ1) is 11.2. The van der Waals surface area contributed by atoms with Crippen LogP contribution in [0.4, 0.5) is 0 Å². The van der Waals surface area contributed by atoms with E-state index < -0.39 is 0 Å². The highest BCUT2D eigenvalue weighted by molar-refractivity contribution is 14.0. The Balaban J connectivity index is 0.00000288. The van der Waals surface area contributed by atoms with Crippen molar-refractivity contribution in [3.63, 3.8) is 0 Å². The van der Waals surface area contributed by atoms with E-state index in [-0.39, 0.29) is 24.0 Å². The van der Waals surface area contributed by atoms with Crippen LogP contribution in [0.3, 0.4) is 0 Å². The summed E-state index contributed by atoms with van der Waals surface area (Å²) in [6.45, 7) is 13.5. The van der Waals surface area contributed by atoms with Gasteiger partial charge in [-0.05, 0) is 34.9 Å². The average molecular weight is 465 g/mol.